The van der Waals surface area contributed by atoms with Crippen LogP contribution in [0.3, 0.4) is 0 Å². The Morgan fingerprint density at radius 1 is 1.35 bits per heavy atom. The monoisotopic (exact) mass is 332 g/mol. The Hall–Kier alpha value is -2.34. The number of amides is 2. The molecule has 0 atom stereocenters. The summed E-state index contributed by atoms with van der Waals surface area (Å²) in [7, 11) is 0. The van der Waals surface area contributed by atoms with Gasteiger partial charge in [-0.15, -0.1) is 0 Å². The molecule has 7 heteroatoms. The number of rotatable bonds is 5. The van der Waals surface area contributed by atoms with Crippen LogP contribution in [0, 0.1) is 0 Å². The number of aromatic amines is 1. The smallest absolute Gasteiger partial charge is 0.266 e. The van der Waals surface area contributed by atoms with Crippen LogP contribution in [-0.4, -0.2) is 28.1 Å². The number of aromatic nitrogens is 2. The number of benzene rings is 1. The minimum atomic E-state index is -0.519. The molecule has 1 fully saturated rings. The lowest BCUT2D eigenvalue weighted by Crippen LogP contribution is -2.44. The van der Waals surface area contributed by atoms with Gasteiger partial charge < -0.3 is 11.1 Å². The summed E-state index contributed by atoms with van der Waals surface area (Å²) in [6, 6.07) is 9.10. The molecule has 0 saturated heterocycles. The number of nitrogens with zero attached hydrogens (tertiary/aromatic N) is 1. The van der Waals surface area contributed by atoms with Crippen molar-refractivity contribution in [3.05, 3.63) is 52.3 Å². The number of carbonyl (C=O) groups is 2. The highest BCUT2D eigenvalue weighted by Crippen LogP contribution is 2.36. The van der Waals surface area contributed by atoms with Gasteiger partial charge in [-0.25, -0.2) is 0 Å². The number of halogens is 1. The fraction of sp³-hybridized carbons (Fsp3) is 0.312. The molecule has 1 saturated carbocycles. The van der Waals surface area contributed by atoms with Crippen molar-refractivity contribution >= 4 is 23.4 Å². The predicted molar refractivity (Wildman–Crippen MR) is 86.2 cm³/mol. The molecule has 2 aromatic rings. The summed E-state index contributed by atoms with van der Waals surface area (Å²) in [5, 5.41) is 10.4. The third kappa shape index (κ3) is 3.71. The third-order valence-corrected chi connectivity index (χ3v) is 4.27. The zero-order valence-corrected chi connectivity index (χ0v) is 13.1. The molecule has 3 rings (SSSR count). The molecule has 0 radical (unpaired) electrons. The lowest BCUT2D eigenvalue weighted by molar-refractivity contribution is -0.121. The van der Waals surface area contributed by atoms with E-state index in [2.05, 4.69) is 15.5 Å². The summed E-state index contributed by atoms with van der Waals surface area (Å²) in [5.74, 6) is -0.291. The Kier molecular flexibility index (Phi) is 4.34. The quantitative estimate of drug-likeness (QED) is 0.777. The Morgan fingerprint density at radius 3 is 2.78 bits per heavy atom. The van der Waals surface area contributed by atoms with Gasteiger partial charge in [0.2, 0.25) is 5.91 Å². The van der Waals surface area contributed by atoms with E-state index in [4.69, 9.17) is 17.3 Å². The Labute approximate surface area is 138 Å². The van der Waals surface area contributed by atoms with Gasteiger partial charge in [-0.1, -0.05) is 23.7 Å². The van der Waals surface area contributed by atoms with Gasteiger partial charge in [0, 0.05) is 17.0 Å². The van der Waals surface area contributed by atoms with E-state index in [1.165, 1.54) is 0 Å². The number of primary amides is 1. The number of nitrogens with one attached hydrogen (secondary N) is 2. The molecular weight excluding hydrogens is 316 g/mol. The second kappa shape index (κ2) is 6.42. The van der Waals surface area contributed by atoms with Crippen molar-refractivity contribution in [2.24, 2.45) is 5.73 Å². The highest BCUT2D eigenvalue weighted by atomic mass is 35.5. The third-order valence-electron chi connectivity index (χ3n) is 4.04. The molecular formula is C16H17ClN4O2. The Balaban J connectivity index is 1.48. The van der Waals surface area contributed by atoms with E-state index in [1.54, 1.807) is 18.2 Å². The van der Waals surface area contributed by atoms with Crippen LogP contribution in [-0.2, 0) is 11.2 Å². The van der Waals surface area contributed by atoms with Gasteiger partial charge in [0.15, 0.2) is 0 Å². The molecule has 1 aromatic heterocycles. The van der Waals surface area contributed by atoms with Crippen LogP contribution >= 0.6 is 11.6 Å². The van der Waals surface area contributed by atoms with Crippen molar-refractivity contribution in [3.8, 4) is 0 Å². The summed E-state index contributed by atoms with van der Waals surface area (Å²) in [6.07, 6.45) is 1.94. The van der Waals surface area contributed by atoms with Crippen LogP contribution in [0.2, 0.25) is 5.02 Å². The molecule has 1 heterocycles. The van der Waals surface area contributed by atoms with Crippen molar-refractivity contribution in [2.45, 2.75) is 31.2 Å². The SMILES string of the molecule is NC(=O)c1cc([C@H]2C[C@@H](NC(=O)Cc3cccc(Cl)c3)C2)n[nH]1. The number of nitrogens with two attached hydrogens (primary N) is 1. The normalized spacial score (nSPS) is 19.9. The standard InChI is InChI=1S/C16H17ClN4O2/c17-11-3-1-2-9(4-11)5-15(22)19-12-6-10(7-12)13-8-14(16(18)23)21-20-13/h1-4,8,10,12H,5-7H2,(H2,18,23)(H,19,22)(H,20,21)/t10-,12+. The zero-order chi connectivity index (χ0) is 16.4. The topological polar surface area (TPSA) is 101 Å². The van der Waals surface area contributed by atoms with Gasteiger partial charge in [0.05, 0.1) is 12.1 Å². The summed E-state index contributed by atoms with van der Waals surface area (Å²) in [6.45, 7) is 0. The van der Waals surface area contributed by atoms with Gasteiger partial charge in [-0.3, -0.25) is 14.7 Å². The Bertz CT molecular complexity index is 737. The van der Waals surface area contributed by atoms with Crippen LogP contribution in [0.15, 0.2) is 30.3 Å². The van der Waals surface area contributed by atoms with Gasteiger partial charge in [0.25, 0.3) is 5.91 Å². The van der Waals surface area contributed by atoms with E-state index in [0.29, 0.717) is 17.1 Å². The van der Waals surface area contributed by atoms with E-state index in [1.807, 2.05) is 12.1 Å². The molecule has 1 aliphatic rings. The lowest BCUT2D eigenvalue weighted by atomic mass is 9.78. The maximum Gasteiger partial charge on any atom is 0.266 e. The van der Waals surface area contributed by atoms with Gasteiger partial charge in [-0.05, 0) is 36.6 Å². The minimum Gasteiger partial charge on any atom is -0.364 e. The molecule has 2 amide bonds. The highest BCUT2D eigenvalue weighted by molar-refractivity contribution is 6.30. The van der Waals surface area contributed by atoms with Crippen LogP contribution in [0.5, 0.6) is 0 Å². The first-order chi connectivity index (χ1) is 11.0. The molecule has 1 aliphatic carbocycles. The van der Waals surface area contributed by atoms with Crippen molar-refractivity contribution in [2.75, 3.05) is 0 Å². The van der Waals surface area contributed by atoms with Crippen LogP contribution in [0.4, 0.5) is 0 Å². The highest BCUT2D eigenvalue weighted by Gasteiger charge is 2.33. The summed E-state index contributed by atoms with van der Waals surface area (Å²) in [5.41, 5.74) is 7.21. The van der Waals surface area contributed by atoms with E-state index >= 15 is 0 Å². The first kappa shape index (κ1) is 15.6. The fourth-order valence-corrected chi connectivity index (χ4v) is 2.97. The molecule has 120 valence electrons. The second-order valence-corrected chi connectivity index (χ2v) is 6.25. The van der Waals surface area contributed by atoms with Gasteiger partial charge >= 0.3 is 0 Å². The van der Waals surface area contributed by atoms with Gasteiger partial charge in [-0.2, -0.15) is 5.10 Å². The maximum absolute atomic E-state index is 12.0. The number of hydrogen-bond acceptors (Lipinski definition) is 3. The molecule has 4 N–H and O–H groups in total. The molecule has 1 aromatic carbocycles. The number of carbonyl (C=O) groups excluding carboxylic acids is 2. The van der Waals surface area contributed by atoms with E-state index < -0.39 is 5.91 Å². The van der Waals surface area contributed by atoms with E-state index in [9.17, 15) is 9.59 Å². The van der Waals surface area contributed by atoms with Crippen LogP contribution < -0.4 is 11.1 Å². The van der Waals surface area contributed by atoms with Crippen LogP contribution in [0.25, 0.3) is 0 Å². The van der Waals surface area contributed by atoms with E-state index in [-0.39, 0.29) is 17.9 Å². The number of hydrogen-bond donors (Lipinski definition) is 3. The predicted octanol–water partition coefficient (Wildman–Crippen LogP) is 1.77. The molecule has 0 spiro atoms. The van der Waals surface area contributed by atoms with Crippen molar-refractivity contribution < 1.29 is 9.59 Å². The van der Waals surface area contributed by atoms with Crippen molar-refractivity contribution in [1.82, 2.24) is 15.5 Å². The molecule has 6 nitrogen and oxygen atoms in total. The molecule has 0 unspecified atom stereocenters. The number of H-pyrrole nitrogens is 1. The average Bonchev–Trinajstić information content (AvgIpc) is 2.92. The maximum atomic E-state index is 12.0. The average molecular weight is 333 g/mol. The summed E-state index contributed by atoms with van der Waals surface area (Å²) >= 11 is 5.91. The van der Waals surface area contributed by atoms with Gasteiger partial charge in [0.1, 0.15) is 5.69 Å². The summed E-state index contributed by atoms with van der Waals surface area (Å²) in [4.78, 5) is 23.1. The second-order valence-electron chi connectivity index (χ2n) is 5.81. The first-order valence-corrected chi connectivity index (χ1v) is 7.78. The first-order valence-electron chi connectivity index (χ1n) is 7.40. The lowest BCUT2D eigenvalue weighted by Gasteiger charge is -2.34. The van der Waals surface area contributed by atoms with Crippen LogP contribution in [0.1, 0.15) is 40.5 Å². The molecule has 0 bridgehead atoms. The van der Waals surface area contributed by atoms with Crippen molar-refractivity contribution in [1.29, 1.82) is 0 Å². The molecule has 0 aliphatic heterocycles. The minimum absolute atomic E-state index is 0.0180. The summed E-state index contributed by atoms with van der Waals surface area (Å²) < 4.78 is 0. The van der Waals surface area contributed by atoms with Crippen molar-refractivity contribution in [3.63, 3.8) is 0 Å². The van der Waals surface area contributed by atoms with E-state index in [0.717, 1.165) is 24.1 Å². The largest absolute Gasteiger partial charge is 0.364 e. The fourth-order valence-electron chi connectivity index (χ4n) is 2.76. The molecule has 23 heavy (non-hydrogen) atoms. The Morgan fingerprint density at radius 2 is 2.13 bits per heavy atom. The zero-order valence-electron chi connectivity index (χ0n) is 12.4.